The number of nitrogens with two attached hydrogens (primary N) is 1. The molecule has 0 saturated heterocycles. The monoisotopic (exact) mass is 310 g/mol. The van der Waals surface area contributed by atoms with Gasteiger partial charge in [0.15, 0.2) is 0 Å². The maximum Gasteiger partial charge on any atom is 0.254 e. The Labute approximate surface area is 108 Å². The summed E-state index contributed by atoms with van der Waals surface area (Å²) in [6.07, 6.45) is 0.684. The van der Waals surface area contributed by atoms with E-state index in [1.807, 2.05) is 0 Å². The zero-order valence-corrected chi connectivity index (χ0v) is 10.9. The molecular formula is C10H13BrClFN2O. The van der Waals surface area contributed by atoms with Gasteiger partial charge in [-0.3, -0.25) is 4.79 Å². The predicted molar refractivity (Wildman–Crippen MR) is 67.4 cm³/mol. The fourth-order valence-electron chi connectivity index (χ4n) is 1.07. The van der Waals surface area contributed by atoms with Crippen molar-refractivity contribution in [2.75, 3.05) is 13.1 Å². The first kappa shape index (κ1) is 15.3. The highest BCUT2D eigenvalue weighted by Gasteiger charge is 2.10. The minimum Gasteiger partial charge on any atom is -0.352 e. The van der Waals surface area contributed by atoms with E-state index in [-0.39, 0.29) is 18.0 Å². The van der Waals surface area contributed by atoms with Crippen molar-refractivity contribution in [1.82, 2.24) is 5.32 Å². The van der Waals surface area contributed by atoms with E-state index in [2.05, 4.69) is 21.2 Å². The van der Waals surface area contributed by atoms with Crippen LogP contribution in [0.2, 0.25) is 0 Å². The second-order valence-corrected chi connectivity index (χ2v) is 3.94. The quantitative estimate of drug-likeness (QED) is 0.837. The highest BCUT2D eigenvalue weighted by atomic mass is 79.9. The van der Waals surface area contributed by atoms with Crippen molar-refractivity contribution in [2.24, 2.45) is 5.73 Å². The number of carbonyl (C=O) groups excluding carboxylic acids is 1. The SMILES string of the molecule is Cl.NCCCNC(=O)c1ccc(Br)cc1F. The average Bonchev–Trinajstić information content (AvgIpc) is 2.17. The minimum atomic E-state index is -0.533. The van der Waals surface area contributed by atoms with Gasteiger partial charge in [-0.05, 0) is 31.2 Å². The molecule has 0 aliphatic carbocycles. The van der Waals surface area contributed by atoms with E-state index in [1.54, 1.807) is 6.07 Å². The lowest BCUT2D eigenvalue weighted by molar-refractivity contribution is 0.0949. The van der Waals surface area contributed by atoms with Gasteiger partial charge < -0.3 is 11.1 Å². The van der Waals surface area contributed by atoms with E-state index in [4.69, 9.17) is 5.73 Å². The number of hydrogen-bond acceptors (Lipinski definition) is 2. The van der Waals surface area contributed by atoms with E-state index >= 15 is 0 Å². The number of hydrogen-bond donors (Lipinski definition) is 2. The first-order chi connectivity index (χ1) is 7.15. The molecule has 0 radical (unpaired) electrons. The summed E-state index contributed by atoms with van der Waals surface area (Å²) in [6, 6.07) is 4.33. The molecule has 90 valence electrons. The fourth-order valence-corrected chi connectivity index (χ4v) is 1.41. The molecule has 1 amide bonds. The van der Waals surface area contributed by atoms with Crippen molar-refractivity contribution in [1.29, 1.82) is 0 Å². The van der Waals surface area contributed by atoms with Gasteiger partial charge in [-0.2, -0.15) is 0 Å². The van der Waals surface area contributed by atoms with Crippen LogP contribution >= 0.6 is 28.3 Å². The van der Waals surface area contributed by atoms with Gasteiger partial charge in [0.2, 0.25) is 0 Å². The van der Waals surface area contributed by atoms with Crippen LogP contribution in [-0.4, -0.2) is 19.0 Å². The third-order valence-corrected chi connectivity index (χ3v) is 2.34. The van der Waals surface area contributed by atoms with Crippen LogP contribution in [0.5, 0.6) is 0 Å². The minimum absolute atomic E-state index is 0. The highest BCUT2D eigenvalue weighted by Crippen LogP contribution is 2.14. The van der Waals surface area contributed by atoms with Gasteiger partial charge in [-0.25, -0.2) is 4.39 Å². The molecular weight excluding hydrogens is 298 g/mol. The summed E-state index contributed by atoms with van der Waals surface area (Å²) in [5, 5.41) is 2.59. The largest absolute Gasteiger partial charge is 0.352 e. The predicted octanol–water partition coefficient (Wildman–Crippen LogP) is 2.09. The van der Waals surface area contributed by atoms with Crippen LogP contribution in [0.1, 0.15) is 16.8 Å². The van der Waals surface area contributed by atoms with Gasteiger partial charge in [0, 0.05) is 11.0 Å². The summed E-state index contributed by atoms with van der Waals surface area (Å²) in [5.74, 6) is -0.942. The molecule has 0 unspecified atom stereocenters. The van der Waals surface area contributed by atoms with Crippen LogP contribution in [0.25, 0.3) is 0 Å². The maximum absolute atomic E-state index is 13.3. The van der Waals surface area contributed by atoms with Crippen LogP contribution in [0, 0.1) is 5.82 Å². The summed E-state index contributed by atoms with van der Waals surface area (Å²) >= 11 is 3.12. The Kier molecular flexibility index (Phi) is 7.29. The summed E-state index contributed by atoms with van der Waals surface area (Å²) in [4.78, 5) is 11.4. The molecule has 0 fully saturated rings. The molecule has 3 nitrogen and oxygen atoms in total. The second-order valence-electron chi connectivity index (χ2n) is 3.02. The zero-order valence-electron chi connectivity index (χ0n) is 8.50. The third kappa shape index (κ3) is 4.47. The van der Waals surface area contributed by atoms with E-state index in [0.29, 0.717) is 24.0 Å². The number of halogens is 3. The van der Waals surface area contributed by atoms with Crippen molar-refractivity contribution >= 4 is 34.2 Å². The Bertz CT molecular complexity index is 363. The lowest BCUT2D eigenvalue weighted by Crippen LogP contribution is -2.26. The summed E-state index contributed by atoms with van der Waals surface area (Å²) in [7, 11) is 0. The van der Waals surface area contributed by atoms with Crippen LogP contribution in [0.4, 0.5) is 4.39 Å². The average molecular weight is 312 g/mol. The molecule has 0 aromatic heterocycles. The van der Waals surface area contributed by atoms with Gasteiger partial charge >= 0.3 is 0 Å². The molecule has 0 saturated carbocycles. The Balaban J connectivity index is 0.00000225. The Morgan fingerprint density at radius 2 is 2.19 bits per heavy atom. The van der Waals surface area contributed by atoms with Gasteiger partial charge in [0.25, 0.3) is 5.91 Å². The smallest absolute Gasteiger partial charge is 0.254 e. The molecule has 0 heterocycles. The van der Waals surface area contributed by atoms with E-state index in [1.165, 1.54) is 12.1 Å². The first-order valence-corrected chi connectivity index (χ1v) is 5.37. The van der Waals surface area contributed by atoms with Crippen LogP contribution in [-0.2, 0) is 0 Å². The lowest BCUT2D eigenvalue weighted by atomic mass is 10.2. The van der Waals surface area contributed by atoms with Crippen LogP contribution < -0.4 is 11.1 Å². The Morgan fingerprint density at radius 3 is 2.75 bits per heavy atom. The number of carbonyl (C=O) groups is 1. The van der Waals surface area contributed by atoms with Gasteiger partial charge in [0.05, 0.1) is 5.56 Å². The summed E-state index contributed by atoms with van der Waals surface area (Å²) in [6.45, 7) is 0.966. The topological polar surface area (TPSA) is 55.1 Å². The third-order valence-electron chi connectivity index (χ3n) is 1.84. The number of amides is 1. The van der Waals surface area contributed by atoms with Crippen molar-refractivity contribution in [2.45, 2.75) is 6.42 Å². The fraction of sp³-hybridized carbons (Fsp3) is 0.300. The number of rotatable bonds is 4. The Hall–Kier alpha value is -0.650. The molecule has 0 bridgehead atoms. The van der Waals surface area contributed by atoms with Gasteiger partial charge in [-0.1, -0.05) is 15.9 Å². The molecule has 6 heteroatoms. The summed E-state index contributed by atoms with van der Waals surface area (Å²) < 4.78 is 13.9. The van der Waals surface area contributed by atoms with E-state index in [0.717, 1.165) is 0 Å². The molecule has 1 rings (SSSR count). The van der Waals surface area contributed by atoms with Crippen molar-refractivity contribution < 1.29 is 9.18 Å². The highest BCUT2D eigenvalue weighted by molar-refractivity contribution is 9.10. The number of benzene rings is 1. The molecule has 16 heavy (non-hydrogen) atoms. The van der Waals surface area contributed by atoms with Crippen molar-refractivity contribution in [3.63, 3.8) is 0 Å². The molecule has 1 aromatic carbocycles. The van der Waals surface area contributed by atoms with Crippen molar-refractivity contribution in [3.05, 3.63) is 34.1 Å². The molecule has 0 aliphatic heterocycles. The van der Waals surface area contributed by atoms with E-state index in [9.17, 15) is 9.18 Å². The van der Waals surface area contributed by atoms with Crippen molar-refractivity contribution in [3.8, 4) is 0 Å². The summed E-state index contributed by atoms with van der Waals surface area (Å²) in [5.41, 5.74) is 5.32. The molecule has 0 atom stereocenters. The standard InChI is InChI=1S/C10H12BrFN2O.ClH/c11-7-2-3-8(9(12)6-7)10(15)14-5-1-4-13;/h2-3,6H,1,4-5,13H2,(H,14,15);1H. The normalized spacial score (nSPS) is 9.44. The Morgan fingerprint density at radius 1 is 1.50 bits per heavy atom. The molecule has 3 N–H and O–H groups in total. The molecule has 0 spiro atoms. The van der Waals surface area contributed by atoms with Gasteiger partial charge in [0.1, 0.15) is 5.82 Å². The molecule has 1 aromatic rings. The number of nitrogens with one attached hydrogen (secondary N) is 1. The first-order valence-electron chi connectivity index (χ1n) is 4.58. The van der Waals surface area contributed by atoms with Gasteiger partial charge in [-0.15, -0.1) is 12.4 Å². The van der Waals surface area contributed by atoms with Crippen LogP contribution in [0.3, 0.4) is 0 Å². The second kappa shape index (κ2) is 7.60. The lowest BCUT2D eigenvalue weighted by Gasteiger charge is -2.05. The zero-order chi connectivity index (χ0) is 11.3. The van der Waals surface area contributed by atoms with Crippen LogP contribution in [0.15, 0.2) is 22.7 Å². The van der Waals surface area contributed by atoms with E-state index < -0.39 is 11.7 Å². The molecule has 0 aliphatic rings. The maximum atomic E-state index is 13.3.